The number of amides is 1. The smallest absolute Gasteiger partial charge is 0.387 e. The van der Waals surface area contributed by atoms with E-state index in [1.807, 2.05) is 0 Å². The number of thiophene rings is 1. The molecule has 4 rings (SSSR count). The molecule has 29 heavy (non-hydrogen) atoms. The molecule has 9 heteroatoms. The number of nitrogens with zero attached hydrogens (tertiary/aromatic N) is 2. The monoisotopic (exact) mass is 419 g/mol. The topological polar surface area (TPSA) is 73.3 Å². The van der Waals surface area contributed by atoms with Gasteiger partial charge in [0.05, 0.1) is 11.1 Å². The Labute approximate surface area is 169 Å². The average molecular weight is 419 g/mol. The van der Waals surface area contributed by atoms with Crippen molar-refractivity contribution < 1.29 is 23.0 Å². The molecule has 0 fully saturated rings. The van der Waals surface area contributed by atoms with E-state index < -0.39 is 12.5 Å². The van der Waals surface area contributed by atoms with Gasteiger partial charge >= 0.3 is 6.61 Å². The van der Waals surface area contributed by atoms with Crippen molar-refractivity contribution in [2.75, 3.05) is 11.9 Å². The second kappa shape index (κ2) is 8.28. The van der Waals surface area contributed by atoms with Crippen LogP contribution < -0.4 is 14.8 Å². The molecule has 1 unspecified atom stereocenters. The molecule has 3 aromatic rings. The summed E-state index contributed by atoms with van der Waals surface area (Å²) >= 11 is 1.64. The molecule has 0 aliphatic heterocycles. The number of halogens is 2. The Morgan fingerprint density at radius 3 is 3.00 bits per heavy atom. The molecule has 1 aromatic carbocycles. The van der Waals surface area contributed by atoms with Crippen molar-refractivity contribution in [1.82, 2.24) is 9.97 Å². The number of carbonyl (C=O) groups excluding carboxylic acids is 1. The number of alkyl halides is 2. The van der Waals surface area contributed by atoms with Crippen molar-refractivity contribution >= 4 is 33.1 Å². The maximum Gasteiger partial charge on any atom is 0.387 e. The highest BCUT2D eigenvalue weighted by Crippen LogP contribution is 2.40. The summed E-state index contributed by atoms with van der Waals surface area (Å²) < 4.78 is 35.1. The number of hydrogen-bond acceptors (Lipinski definition) is 6. The van der Waals surface area contributed by atoms with E-state index in [9.17, 15) is 13.6 Å². The van der Waals surface area contributed by atoms with E-state index in [-0.39, 0.29) is 18.0 Å². The minimum absolute atomic E-state index is 0.110. The highest BCUT2D eigenvalue weighted by molar-refractivity contribution is 7.18. The number of nitrogens with one attached hydrogen (secondary N) is 1. The van der Waals surface area contributed by atoms with Gasteiger partial charge in [-0.2, -0.15) is 8.78 Å². The molecule has 1 aliphatic carbocycles. The molecule has 1 N–H and O–H groups in total. The number of hydrogen-bond donors (Lipinski definition) is 1. The fraction of sp³-hybridized carbons (Fsp3) is 0.350. The zero-order chi connectivity index (χ0) is 20.4. The van der Waals surface area contributed by atoms with Gasteiger partial charge in [-0.05, 0) is 42.9 Å². The molecule has 0 spiro atoms. The fourth-order valence-electron chi connectivity index (χ4n) is 3.44. The van der Waals surface area contributed by atoms with Crippen LogP contribution in [0, 0.1) is 5.92 Å². The van der Waals surface area contributed by atoms with Crippen molar-refractivity contribution in [1.29, 1.82) is 0 Å². The van der Waals surface area contributed by atoms with E-state index in [2.05, 4.69) is 26.9 Å². The van der Waals surface area contributed by atoms with E-state index in [0.717, 1.165) is 29.5 Å². The standard InChI is InChI=1S/C20H19F2N3O3S/c1-11-6-7-12-15(8-11)29-19-17(12)18(23-10-24-19)27-9-16(26)25-13-4-2-3-5-14(13)28-20(21)22/h2-5,10-11,20H,6-9H2,1H3,(H,25,26). The predicted molar refractivity (Wildman–Crippen MR) is 106 cm³/mol. The van der Waals surface area contributed by atoms with Gasteiger partial charge < -0.3 is 14.8 Å². The lowest BCUT2D eigenvalue weighted by molar-refractivity contribution is -0.118. The summed E-state index contributed by atoms with van der Waals surface area (Å²) in [5, 5.41) is 3.40. The van der Waals surface area contributed by atoms with Gasteiger partial charge in [-0.3, -0.25) is 4.79 Å². The third-order valence-electron chi connectivity index (χ3n) is 4.77. The molecule has 1 amide bonds. The number of carbonyl (C=O) groups is 1. The minimum atomic E-state index is -2.98. The number of fused-ring (bicyclic) bond motifs is 3. The molecule has 152 valence electrons. The van der Waals surface area contributed by atoms with Gasteiger partial charge in [-0.25, -0.2) is 9.97 Å². The SMILES string of the molecule is CC1CCc2c(sc3ncnc(OCC(=O)Nc4ccccc4OC(F)F)c23)C1. The molecule has 0 saturated heterocycles. The van der Waals surface area contributed by atoms with Crippen LogP contribution in [-0.2, 0) is 17.6 Å². The number of para-hydroxylation sites is 2. The van der Waals surface area contributed by atoms with Gasteiger partial charge in [0.2, 0.25) is 5.88 Å². The van der Waals surface area contributed by atoms with Gasteiger partial charge in [-0.1, -0.05) is 19.1 Å². The van der Waals surface area contributed by atoms with Crippen LogP contribution in [0.15, 0.2) is 30.6 Å². The first kappa shape index (κ1) is 19.5. The van der Waals surface area contributed by atoms with Crippen LogP contribution in [0.2, 0.25) is 0 Å². The molecular formula is C20H19F2N3O3S. The Bertz CT molecular complexity index is 1040. The first-order chi connectivity index (χ1) is 14.0. The van der Waals surface area contributed by atoms with E-state index in [1.54, 1.807) is 23.5 Å². The third kappa shape index (κ3) is 4.29. The zero-order valence-corrected chi connectivity index (χ0v) is 16.5. The number of ether oxygens (including phenoxy) is 2. The van der Waals surface area contributed by atoms with Crippen molar-refractivity contribution in [3.05, 3.63) is 41.0 Å². The van der Waals surface area contributed by atoms with Crippen LogP contribution in [0.25, 0.3) is 10.2 Å². The molecule has 1 aliphatic rings. The first-order valence-corrected chi connectivity index (χ1v) is 10.0. The number of rotatable bonds is 6. The Morgan fingerprint density at radius 2 is 2.17 bits per heavy atom. The zero-order valence-electron chi connectivity index (χ0n) is 15.7. The third-order valence-corrected chi connectivity index (χ3v) is 5.94. The molecule has 2 aromatic heterocycles. The highest BCUT2D eigenvalue weighted by atomic mass is 32.1. The van der Waals surface area contributed by atoms with Crippen molar-refractivity contribution in [3.8, 4) is 11.6 Å². The Balaban J connectivity index is 1.49. The van der Waals surface area contributed by atoms with E-state index in [4.69, 9.17) is 4.74 Å². The Hall–Kier alpha value is -2.81. The number of aromatic nitrogens is 2. The summed E-state index contributed by atoms with van der Waals surface area (Å²) in [6.45, 7) is -1.06. The lowest BCUT2D eigenvalue weighted by Gasteiger charge is -2.18. The molecular weight excluding hydrogens is 400 g/mol. The second-order valence-corrected chi connectivity index (χ2v) is 8.01. The Morgan fingerprint density at radius 1 is 1.34 bits per heavy atom. The number of anilines is 1. The summed E-state index contributed by atoms with van der Waals surface area (Å²) in [4.78, 5) is 23.0. The summed E-state index contributed by atoms with van der Waals surface area (Å²) in [6.07, 6.45) is 4.46. The predicted octanol–water partition coefficient (Wildman–Crippen LogP) is 4.44. The molecule has 1 atom stereocenters. The second-order valence-electron chi connectivity index (χ2n) is 6.92. The minimum Gasteiger partial charge on any atom is -0.467 e. The fourth-order valence-corrected chi connectivity index (χ4v) is 4.79. The van der Waals surface area contributed by atoms with Crippen molar-refractivity contribution in [3.63, 3.8) is 0 Å². The van der Waals surface area contributed by atoms with Gasteiger partial charge in [-0.15, -0.1) is 11.3 Å². The molecule has 0 bridgehead atoms. The van der Waals surface area contributed by atoms with Crippen LogP contribution in [0.1, 0.15) is 23.8 Å². The van der Waals surface area contributed by atoms with Crippen molar-refractivity contribution in [2.24, 2.45) is 5.92 Å². The largest absolute Gasteiger partial charge is 0.467 e. The maximum absolute atomic E-state index is 12.5. The highest BCUT2D eigenvalue weighted by Gasteiger charge is 2.24. The number of aryl methyl sites for hydroxylation is 1. The quantitative estimate of drug-likeness (QED) is 0.640. The molecule has 6 nitrogen and oxygen atoms in total. The van der Waals surface area contributed by atoms with E-state index in [1.165, 1.54) is 28.9 Å². The van der Waals surface area contributed by atoms with E-state index in [0.29, 0.717) is 11.8 Å². The van der Waals surface area contributed by atoms with Gasteiger partial charge in [0.15, 0.2) is 6.61 Å². The summed E-state index contributed by atoms with van der Waals surface area (Å²) in [7, 11) is 0. The Kier molecular flexibility index (Phi) is 5.57. The summed E-state index contributed by atoms with van der Waals surface area (Å²) in [5.74, 6) is 0.393. The lowest BCUT2D eigenvalue weighted by atomic mass is 9.89. The van der Waals surface area contributed by atoms with Crippen molar-refractivity contribution in [2.45, 2.75) is 32.8 Å². The van der Waals surface area contributed by atoms with Gasteiger partial charge in [0.25, 0.3) is 5.91 Å². The first-order valence-electron chi connectivity index (χ1n) is 9.23. The normalized spacial score (nSPS) is 15.9. The van der Waals surface area contributed by atoms with Crippen LogP contribution >= 0.6 is 11.3 Å². The van der Waals surface area contributed by atoms with E-state index >= 15 is 0 Å². The lowest BCUT2D eigenvalue weighted by Crippen LogP contribution is -2.21. The number of benzene rings is 1. The van der Waals surface area contributed by atoms with Crippen LogP contribution in [-0.4, -0.2) is 29.1 Å². The average Bonchev–Trinajstić information content (AvgIpc) is 3.05. The van der Waals surface area contributed by atoms with Crippen LogP contribution in [0.5, 0.6) is 11.6 Å². The molecule has 2 heterocycles. The molecule has 0 radical (unpaired) electrons. The van der Waals surface area contributed by atoms with Gasteiger partial charge in [0, 0.05) is 4.88 Å². The summed E-state index contributed by atoms with van der Waals surface area (Å²) in [6, 6.07) is 5.99. The van der Waals surface area contributed by atoms with Crippen LogP contribution in [0.4, 0.5) is 14.5 Å². The van der Waals surface area contributed by atoms with Crippen LogP contribution in [0.3, 0.4) is 0 Å². The molecule has 0 saturated carbocycles. The van der Waals surface area contributed by atoms with Gasteiger partial charge in [0.1, 0.15) is 16.9 Å². The summed E-state index contributed by atoms with van der Waals surface area (Å²) in [5.41, 5.74) is 1.35. The maximum atomic E-state index is 12.5.